The molecule has 0 aliphatic carbocycles. The summed E-state index contributed by atoms with van der Waals surface area (Å²) < 4.78 is 25.5. The Bertz CT molecular complexity index is 603. The van der Waals surface area contributed by atoms with Gasteiger partial charge in [-0.05, 0) is 25.6 Å². The molecule has 8 nitrogen and oxygen atoms in total. The molecule has 0 spiro atoms. The number of nitrogens with two attached hydrogens (primary N) is 1. The van der Waals surface area contributed by atoms with Crippen molar-refractivity contribution in [3.63, 3.8) is 0 Å². The van der Waals surface area contributed by atoms with E-state index in [0.29, 0.717) is 6.54 Å². The standard InChI is InChI=1S/C12H20N4O4S/c1-3-4-9(8-13)15-11-6-5-10(21(19,20)14-2)7-12(11)16(17)18/h5-7,9,14-15H,3-4,8,13H2,1-2H3. The number of sulfonamides is 1. The number of anilines is 1. The highest BCUT2D eigenvalue weighted by Crippen LogP contribution is 2.28. The van der Waals surface area contributed by atoms with Crippen molar-refractivity contribution in [3.05, 3.63) is 28.3 Å². The van der Waals surface area contributed by atoms with Crippen LogP contribution in [0.15, 0.2) is 23.1 Å². The summed E-state index contributed by atoms with van der Waals surface area (Å²) in [7, 11) is -2.47. The fourth-order valence-electron chi connectivity index (χ4n) is 1.89. The predicted octanol–water partition coefficient (Wildman–Crippen LogP) is 1.04. The molecule has 0 radical (unpaired) electrons. The van der Waals surface area contributed by atoms with Crippen molar-refractivity contribution < 1.29 is 13.3 Å². The van der Waals surface area contributed by atoms with Gasteiger partial charge in [0.1, 0.15) is 5.69 Å². The highest BCUT2D eigenvalue weighted by Gasteiger charge is 2.21. The zero-order valence-electron chi connectivity index (χ0n) is 12.0. The van der Waals surface area contributed by atoms with E-state index >= 15 is 0 Å². The van der Waals surface area contributed by atoms with Crippen LogP contribution in [0, 0.1) is 10.1 Å². The largest absolute Gasteiger partial charge is 0.375 e. The molecule has 0 bridgehead atoms. The molecular formula is C12H20N4O4S. The minimum atomic E-state index is -3.72. The van der Waals surface area contributed by atoms with E-state index < -0.39 is 14.9 Å². The third-order valence-electron chi connectivity index (χ3n) is 3.03. The van der Waals surface area contributed by atoms with Gasteiger partial charge in [0.2, 0.25) is 10.0 Å². The molecule has 0 aliphatic rings. The van der Waals surface area contributed by atoms with Gasteiger partial charge in [0.25, 0.3) is 5.69 Å². The van der Waals surface area contributed by atoms with E-state index in [-0.39, 0.29) is 22.3 Å². The first-order valence-electron chi connectivity index (χ1n) is 6.54. The van der Waals surface area contributed by atoms with Gasteiger partial charge in [0.05, 0.1) is 9.82 Å². The van der Waals surface area contributed by atoms with Crippen LogP contribution in [-0.4, -0.2) is 33.0 Å². The molecule has 0 saturated carbocycles. The van der Waals surface area contributed by atoms with Gasteiger partial charge >= 0.3 is 0 Å². The summed E-state index contributed by atoms with van der Waals surface area (Å²) >= 11 is 0. The van der Waals surface area contributed by atoms with Crippen molar-refractivity contribution in [2.24, 2.45) is 5.73 Å². The Morgan fingerprint density at radius 1 is 1.43 bits per heavy atom. The lowest BCUT2D eigenvalue weighted by Crippen LogP contribution is -2.29. The van der Waals surface area contributed by atoms with Crippen LogP contribution in [0.4, 0.5) is 11.4 Å². The van der Waals surface area contributed by atoms with E-state index in [1.54, 1.807) is 0 Å². The van der Waals surface area contributed by atoms with E-state index in [4.69, 9.17) is 5.73 Å². The number of hydrogen-bond acceptors (Lipinski definition) is 6. The molecule has 118 valence electrons. The third kappa shape index (κ3) is 4.38. The molecule has 4 N–H and O–H groups in total. The number of nitro groups is 1. The zero-order chi connectivity index (χ0) is 16.0. The minimum Gasteiger partial charge on any atom is -0.375 e. The second kappa shape index (κ2) is 7.34. The smallest absolute Gasteiger partial charge is 0.293 e. The van der Waals surface area contributed by atoms with Gasteiger partial charge in [0.15, 0.2) is 0 Å². The fourth-order valence-corrected chi connectivity index (χ4v) is 2.64. The van der Waals surface area contributed by atoms with Crippen molar-refractivity contribution in [2.45, 2.75) is 30.7 Å². The average molecular weight is 316 g/mol. The Hall–Kier alpha value is -1.71. The van der Waals surface area contributed by atoms with E-state index in [1.807, 2.05) is 6.92 Å². The van der Waals surface area contributed by atoms with E-state index in [1.165, 1.54) is 19.2 Å². The van der Waals surface area contributed by atoms with Crippen LogP contribution in [-0.2, 0) is 10.0 Å². The first kappa shape index (κ1) is 17.3. The molecule has 1 unspecified atom stereocenters. The Balaban J connectivity index is 3.20. The molecule has 21 heavy (non-hydrogen) atoms. The van der Waals surface area contributed by atoms with E-state index in [9.17, 15) is 18.5 Å². The molecule has 0 aliphatic heterocycles. The maximum atomic E-state index is 11.7. The summed E-state index contributed by atoms with van der Waals surface area (Å²) in [6, 6.07) is 3.65. The maximum absolute atomic E-state index is 11.7. The lowest BCUT2D eigenvalue weighted by atomic mass is 10.1. The average Bonchev–Trinajstić information content (AvgIpc) is 2.46. The summed E-state index contributed by atoms with van der Waals surface area (Å²) in [6.45, 7) is 2.32. The SMILES string of the molecule is CCCC(CN)Nc1ccc(S(=O)(=O)NC)cc1[N+](=O)[O-]. The minimum absolute atomic E-state index is 0.0968. The first-order chi connectivity index (χ1) is 9.85. The van der Waals surface area contributed by atoms with Crippen LogP contribution in [0.1, 0.15) is 19.8 Å². The summed E-state index contributed by atoms with van der Waals surface area (Å²) in [6.07, 6.45) is 1.65. The molecule has 0 heterocycles. The molecule has 1 aromatic carbocycles. The third-order valence-corrected chi connectivity index (χ3v) is 4.44. The molecule has 1 rings (SSSR count). The molecule has 0 saturated heterocycles. The number of nitrogens with zero attached hydrogens (tertiary/aromatic N) is 1. The Morgan fingerprint density at radius 2 is 2.10 bits per heavy atom. The molecule has 1 aromatic rings. The van der Waals surface area contributed by atoms with Crippen LogP contribution >= 0.6 is 0 Å². The molecular weight excluding hydrogens is 296 g/mol. The van der Waals surface area contributed by atoms with Gasteiger partial charge in [0, 0.05) is 18.7 Å². The van der Waals surface area contributed by atoms with Crippen LogP contribution in [0.5, 0.6) is 0 Å². The van der Waals surface area contributed by atoms with Crippen molar-refractivity contribution >= 4 is 21.4 Å². The number of nitro benzene ring substituents is 1. The van der Waals surface area contributed by atoms with Gasteiger partial charge in [-0.25, -0.2) is 13.1 Å². The first-order valence-corrected chi connectivity index (χ1v) is 8.02. The Kier molecular flexibility index (Phi) is 6.06. The molecule has 1 atom stereocenters. The monoisotopic (exact) mass is 316 g/mol. The summed E-state index contributed by atoms with van der Waals surface area (Å²) in [5, 5.41) is 14.1. The van der Waals surface area contributed by atoms with Crippen molar-refractivity contribution in [1.29, 1.82) is 0 Å². The lowest BCUT2D eigenvalue weighted by Gasteiger charge is -2.17. The Morgan fingerprint density at radius 3 is 2.57 bits per heavy atom. The van der Waals surface area contributed by atoms with E-state index in [2.05, 4.69) is 10.0 Å². The summed E-state index contributed by atoms with van der Waals surface area (Å²) in [4.78, 5) is 10.4. The summed E-state index contributed by atoms with van der Waals surface area (Å²) in [5.41, 5.74) is 5.59. The number of nitrogens with one attached hydrogen (secondary N) is 2. The van der Waals surface area contributed by atoms with Crippen LogP contribution < -0.4 is 15.8 Å². The zero-order valence-corrected chi connectivity index (χ0v) is 12.8. The Labute approximate surface area is 123 Å². The van der Waals surface area contributed by atoms with Crippen molar-refractivity contribution in [3.8, 4) is 0 Å². The van der Waals surface area contributed by atoms with Crippen LogP contribution in [0.2, 0.25) is 0 Å². The van der Waals surface area contributed by atoms with Crippen LogP contribution in [0.3, 0.4) is 0 Å². The molecule has 9 heteroatoms. The van der Waals surface area contributed by atoms with Crippen molar-refractivity contribution in [1.82, 2.24) is 4.72 Å². The fraction of sp³-hybridized carbons (Fsp3) is 0.500. The van der Waals surface area contributed by atoms with E-state index in [0.717, 1.165) is 18.9 Å². The highest BCUT2D eigenvalue weighted by atomic mass is 32.2. The highest BCUT2D eigenvalue weighted by molar-refractivity contribution is 7.89. The topological polar surface area (TPSA) is 127 Å². The number of rotatable bonds is 8. The number of hydrogen-bond donors (Lipinski definition) is 3. The molecule has 0 aromatic heterocycles. The van der Waals surface area contributed by atoms with Gasteiger partial charge in [-0.1, -0.05) is 13.3 Å². The predicted molar refractivity (Wildman–Crippen MR) is 80.7 cm³/mol. The second-order valence-electron chi connectivity index (χ2n) is 4.51. The normalized spacial score (nSPS) is 12.9. The van der Waals surface area contributed by atoms with Crippen molar-refractivity contribution in [2.75, 3.05) is 18.9 Å². The maximum Gasteiger partial charge on any atom is 0.293 e. The van der Waals surface area contributed by atoms with Crippen LogP contribution in [0.25, 0.3) is 0 Å². The lowest BCUT2D eigenvalue weighted by molar-refractivity contribution is -0.384. The van der Waals surface area contributed by atoms with Gasteiger partial charge < -0.3 is 11.1 Å². The van der Waals surface area contributed by atoms with Gasteiger partial charge in [-0.15, -0.1) is 0 Å². The quantitative estimate of drug-likeness (QED) is 0.486. The second-order valence-corrected chi connectivity index (χ2v) is 6.40. The van der Waals surface area contributed by atoms with Gasteiger partial charge in [-0.2, -0.15) is 0 Å². The van der Waals surface area contributed by atoms with Gasteiger partial charge in [-0.3, -0.25) is 10.1 Å². The number of benzene rings is 1. The summed E-state index contributed by atoms with van der Waals surface area (Å²) in [5.74, 6) is 0. The molecule has 0 fully saturated rings. The molecule has 0 amide bonds.